The summed E-state index contributed by atoms with van der Waals surface area (Å²) in [6.07, 6.45) is 0. The van der Waals surface area contributed by atoms with Gasteiger partial charge in [-0.3, -0.25) is 9.59 Å². The van der Waals surface area contributed by atoms with Gasteiger partial charge in [-0.05, 0) is 25.1 Å². The Morgan fingerprint density at radius 3 is 2.71 bits per heavy atom. The van der Waals surface area contributed by atoms with E-state index in [9.17, 15) is 14.4 Å². The fourth-order valence-electron chi connectivity index (χ4n) is 1.61. The largest absolute Gasteiger partial charge is 0.423 e. The fraction of sp³-hybridized carbons (Fsp3) is 0.267. The van der Waals surface area contributed by atoms with E-state index < -0.39 is 5.63 Å². The number of carbonyl (C=O) groups is 2. The average molecular weight is 305 g/mol. The number of thioether (sulfide) groups is 1. The van der Waals surface area contributed by atoms with E-state index in [1.54, 1.807) is 31.2 Å². The van der Waals surface area contributed by atoms with Crippen LogP contribution >= 0.6 is 11.8 Å². The zero-order valence-corrected chi connectivity index (χ0v) is 12.5. The number of rotatable bonds is 4. The third-order valence-electron chi connectivity index (χ3n) is 3.03. The number of benzene rings is 1. The minimum absolute atomic E-state index is 0.0581. The van der Waals surface area contributed by atoms with Gasteiger partial charge in [-0.15, -0.1) is 0 Å². The van der Waals surface area contributed by atoms with E-state index in [4.69, 9.17) is 4.42 Å². The van der Waals surface area contributed by atoms with Crippen LogP contribution in [0.3, 0.4) is 0 Å². The molecule has 0 fully saturated rings. The number of fused-ring (bicyclic) bond motifs is 1. The summed E-state index contributed by atoms with van der Waals surface area (Å²) in [5.41, 5.74) is 0.530. The third kappa shape index (κ3) is 4.19. The molecule has 1 unspecified atom stereocenters. The summed E-state index contributed by atoms with van der Waals surface area (Å²) in [4.78, 5) is 34.1. The second-order valence-electron chi connectivity index (χ2n) is 4.74. The van der Waals surface area contributed by atoms with E-state index in [1.165, 1.54) is 13.0 Å². The maximum absolute atomic E-state index is 11.8. The van der Waals surface area contributed by atoms with Crippen LogP contribution in [0.25, 0.3) is 11.0 Å². The number of hydrogen-bond acceptors (Lipinski definition) is 5. The molecular formula is C15H15NO4S. The topological polar surface area (TPSA) is 76.4 Å². The Kier molecular flexibility index (Phi) is 4.80. The van der Waals surface area contributed by atoms with Crippen molar-refractivity contribution < 1.29 is 14.0 Å². The van der Waals surface area contributed by atoms with Crippen molar-refractivity contribution in [2.24, 2.45) is 5.92 Å². The van der Waals surface area contributed by atoms with Gasteiger partial charge in [0.1, 0.15) is 11.4 Å². The molecule has 1 amide bonds. The Labute approximate surface area is 125 Å². The van der Waals surface area contributed by atoms with Crippen LogP contribution in [-0.4, -0.2) is 16.8 Å². The van der Waals surface area contributed by atoms with Gasteiger partial charge in [0.15, 0.2) is 0 Å². The van der Waals surface area contributed by atoms with E-state index in [1.807, 2.05) is 0 Å². The molecule has 2 aromatic rings. The molecular weight excluding hydrogens is 290 g/mol. The van der Waals surface area contributed by atoms with Crippen LogP contribution in [0.2, 0.25) is 0 Å². The molecule has 0 bridgehead atoms. The van der Waals surface area contributed by atoms with Crippen molar-refractivity contribution in [1.29, 1.82) is 0 Å². The number of nitrogens with one attached hydrogen (secondary N) is 1. The molecule has 1 atom stereocenters. The van der Waals surface area contributed by atoms with Crippen molar-refractivity contribution in [3.63, 3.8) is 0 Å². The molecule has 6 heteroatoms. The number of amides is 1. The predicted molar refractivity (Wildman–Crippen MR) is 83.8 cm³/mol. The summed E-state index contributed by atoms with van der Waals surface area (Å²) < 4.78 is 5.06. The van der Waals surface area contributed by atoms with Crippen molar-refractivity contribution in [2.75, 3.05) is 11.1 Å². The Morgan fingerprint density at radius 1 is 1.29 bits per heavy atom. The highest BCUT2D eigenvalue weighted by atomic mass is 32.2. The first-order valence-corrected chi connectivity index (χ1v) is 7.42. The van der Waals surface area contributed by atoms with Crippen LogP contribution in [0.5, 0.6) is 0 Å². The Bertz CT molecular complexity index is 738. The second-order valence-corrected chi connectivity index (χ2v) is 5.73. The predicted octanol–water partition coefficient (Wildman–Crippen LogP) is 3.28. The number of anilines is 1. The van der Waals surface area contributed by atoms with Crippen molar-refractivity contribution in [1.82, 2.24) is 0 Å². The summed E-state index contributed by atoms with van der Waals surface area (Å²) in [5, 5.41) is 3.23. The quantitative estimate of drug-likeness (QED) is 0.877. The molecule has 1 aromatic carbocycles. The van der Waals surface area contributed by atoms with Gasteiger partial charge in [0.25, 0.3) is 5.24 Å². The monoisotopic (exact) mass is 305 g/mol. The molecule has 0 spiro atoms. The van der Waals surface area contributed by atoms with Crippen LogP contribution in [0, 0.1) is 5.92 Å². The Morgan fingerprint density at radius 2 is 2.00 bits per heavy atom. The standard InChI is InChI=1S/C15H15NO4S/c1-9(10(2)17)8-21-15(19)16-12-5-3-11-4-6-14(18)20-13(11)7-12/h3-7,9H,8H2,1-2H3,(H,16,19). The molecule has 0 aliphatic heterocycles. The third-order valence-corrected chi connectivity index (χ3v) is 4.06. The molecule has 0 saturated heterocycles. The fourth-order valence-corrected chi connectivity index (χ4v) is 2.44. The maximum atomic E-state index is 11.8. The molecule has 2 rings (SSSR count). The second kappa shape index (κ2) is 6.58. The van der Waals surface area contributed by atoms with Gasteiger partial charge in [-0.1, -0.05) is 18.7 Å². The lowest BCUT2D eigenvalue weighted by atomic mass is 10.1. The molecule has 1 heterocycles. The van der Waals surface area contributed by atoms with E-state index in [0.717, 1.165) is 17.1 Å². The van der Waals surface area contributed by atoms with Gasteiger partial charge in [0.2, 0.25) is 0 Å². The van der Waals surface area contributed by atoms with E-state index in [-0.39, 0.29) is 16.9 Å². The lowest BCUT2D eigenvalue weighted by Gasteiger charge is -2.08. The molecule has 21 heavy (non-hydrogen) atoms. The maximum Gasteiger partial charge on any atom is 0.336 e. The van der Waals surface area contributed by atoms with Gasteiger partial charge in [0, 0.05) is 34.9 Å². The molecule has 0 aliphatic carbocycles. The zero-order chi connectivity index (χ0) is 15.4. The highest BCUT2D eigenvalue weighted by Gasteiger charge is 2.11. The van der Waals surface area contributed by atoms with Gasteiger partial charge in [0.05, 0.1) is 0 Å². The van der Waals surface area contributed by atoms with Gasteiger partial charge < -0.3 is 9.73 Å². The van der Waals surface area contributed by atoms with Crippen LogP contribution in [0.15, 0.2) is 39.5 Å². The summed E-state index contributed by atoms with van der Waals surface area (Å²) in [5.74, 6) is 0.335. The number of hydrogen-bond donors (Lipinski definition) is 1. The minimum atomic E-state index is -0.435. The van der Waals surface area contributed by atoms with Crippen LogP contribution in [0.1, 0.15) is 13.8 Å². The van der Waals surface area contributed by atoms with Crippen LogP contribution < -0.4 is 10.9 Å². The molecule has 5 nitrogen and oxygen atoms in total. The average Bonchev–Trinajstić information content (AvgIpc) is 2.44. The highest BCUT2D eigenvalue weighted by molar-refractivity contribution is 8.13. The van der Waals surface area contributed by atoms with Gasteiger partial charge >= 0.3 is 5.63 Å². The zero-order valence-electron chi connectivity index (χ0n) is 11.7. The number of Topliss-reactive ketones (excluding diaryl/α,β-unsaturated/α-hetero) is 1. The van der Waals surface area contributed by atoms with Crippen molar-refractivity contribution >= 4 is 39.4 Å². The van der Waals surface area contributed by atoms with E-state index in [2.05, 4.69) is 5.32 Å². The van der Waals surface area contributed by atoms with Gasteiger partial charge in [-0.25, -0.2) is 4.79 Å². The first kappa shape index (κ1) is 15.3. The molecule has 110 valence electrons. The summed E-state index contributed by atoms with van der Waals surface area (Å²) in [7, 11) is 0. The van der Waals surface area contributed by atoms with Crippen LogP contribution in [-0.2, 0) is 4.79 Å². The first-order chi connectivity index (χ1) is 9.95. The normalized spacial score (nSPS) is 12.1. The smallest absolute Gasteiger partial charge is 0.336 e. The van der Waals surface area contributed by atoms with Crippen molar-refractivity contribution in [2.45, 2.75) is 13.8 Å². The highest BCUT2D eigenvalue weighted by Crippen LogP contribution is 2.19. The number of carbonyl (C=O) groups excluding carboxylic acids is 2. The lowest BCUT2D eigenvalue weighted by molar-refractivity contribution is -0.119. The minimum Gasteiger partial charge on any atom is -0.423 e. The Balaban J connectivity index is 2.04. The summed E-state index contributed by atoms with van der Waals surface area (Å²) >= 11 is 1.05. The molecule has 1 aromatic heterocycles. The lowest BCUT2D eigenvalue weighted by Crippen LogP contribution is -2.13. The van der Waals surface area contributed by atoms with Crippen LogP contribution in [0.4, 0.5) is 10.5 Å². The van der Waals surface area contributed by atoms with Crippen molar-refractivity contribution in [3.05, 3.63) is 40.8 Å². The molecule has 0 saturated carbocycles. The molecule has 0 aliphatic rings. The first-order valence-electron chi connectivity index (χ1n) is 6.44. The van der Waals surface area contributed by atoms with Crippen molar-refractivity contribution in [3.8, 4) is 0 Å². The SMILES string of the molecule is CC(=O)C(C)CSC(=O)Nc1ccc2ccc(=O)oc2c1. The Hall–Kier alpha value is -2.08. The van der Waals surface area contributed by atoms with E-state index in [0.29, 0.717) is 17.0 Å². The summed E-state index contributed by atoms with van der Waals surface area (Å²) in [6, 6.07) is 8.10. The molecule has 0 radical (unpaired) electrons. The molecule has 1 N–H and O–H groups in total. The van der Waals surface area contributed by atoms with Gasteiger partial charge in [-0.2, -0.15) is 0 Å². The summed E-state index contributed by atoms with van der Waals surface area (Å²) in [6.45, 7) is 3.29. The number of ketones is 1. The van der Waals surface area contributed by atoms with E-state index >= 15 is 0 Å².